The molecule has 0 aliphatic carbocycles. The van der Waals surface area contributed by atoms with Crippen molar-refractivity contribution in [3.05, 3.63) is 78.2 Å². The van der Waals surface area contributed by atoms with E-state index in [1.165, 1.54) is 23.4 Å². The van der Waals surface area contributed by atoms with Crippen LogP contribution in [0, 0.1) is 0 Å². The minimum atomic E-state index is -3.62. The molecule has 8 heteroatoms. The van der Waals surface area contributed by atoms with Gasteiger partial charge in [0, 0.05) is 30.1 Å². The molecule has 0 atom stereocenters. The highest BCUT2D eigenvalue weighted by Crippen LogP contribution is 2.32. The lowest BCUT2D eigenvalue weighted by atomic mass is 9.98. The number of carbonyl (C=O) groups is 1. The molecule has 168 valence electrons. The molecule has 1 aliphatic heterocycles. The molecule has 3 aromatic carbocycles. The maximum absolute atomic E-state index is 13.0. The van der Waals surface area contributed by atoms with E-state index in [9.17, 15) is 13.2 Å². The van der Waals surface area contributed by atoms with Crippen LogP contribution in [-0.2, 0) is 10.0 Å². The first kappa shape index (κ1) is 21.5. The summed E-state index contributed by atoms with van der Waals surface area (Å²) in [6.07, 6.45) is 1.20. The van der Waals surface area contributed by atoms with E-state index in [0.29, 0.717) is 43.2 Å². The number of benzene rings is 3. The number of piperidine rings is 1. The van der Waals surface area contributed by atoms with E-state index in [0.717, 1.165) is 16.3 Å². The second-order valence-corrected chi connectivity index (χ2v) is 10.2. The van der Waals surface area contributed by atoms with Crippen LogP contribution in [0.3, 0.4) is 0 Å². The van der Waals surface area contributed by atoms with Crippen molar-refractivity contribution >= 4 is 26.6 Å². The number of carbonyl (C=O) groups excluding carboxylic acids is 1. The number of ketones is 1. The molecule has 1 fully saturated rings. The predicted octanol–water partition coefficient (Wildman–Crippen LogP) is 4.66. The van der Waals surface area contributed by atoms with Crippen LogP contribution in [0.15, 0.2) is 76.1 Å². The van der Waals surface area contributed by atoms with Crippen molar-refractivity contribution in [1.29, 1.82) is 0 Å². The number of nitrogens with zero attached hydrogens (tertiary/aromatic N) is 3. The number of Topliss-reactive ketones (excluding diaryl/α,β-unsaturated/α-hetero) is 1. The van der Waals surface area contributed by atoms with Crippen molar-refractivity contribution in [1.82, 2.24) is 14.4 Å². The number of sulfonamides is 1. The molecule has 1 aromatic heterocycles. The van der Waals surface area contributed by atoms with E-state index in [4.69, 9.17) is 4.52 Å². The van der Waals surface area contributed by atoms with Gasteiger partial charge in [-0.25, -0.2) is 8.42 Å². The molecule has 2 heterocycles. The number of hydrogen-bond donors (Lipinski definition) is 0. The molecule has 0 spiro atoms. The van der Waals surface area contributed by atoms with Gasteiger partial charge >= 0.3 is 0 Å². The number of aromatic nitrogens is 2. The van der Waals surface area contributed by atoms with Gasteiger partial charge in [-0.3, -0.25) is 4.79 Å². The molecule has 7 nitrogen and oxygen atoms in total. The van der Waals surface area contributed by atoms with Gasteiger partial charge in [-0.15, -0.1) is 0 Å². The largest absolute Gasteiger partial charge is 0.339 e. The third-order valence-electron chi connectivity index (χ3n) is 6.17. The third kappa shape index (κ3) is 4.07. The predicted molar refractivity (Wildman–Crippen MR) is 124 cm³/mol. The summed E-state index contributed by atoms with van der Waals surface area (Å²) in [7, 11) is -3.62. The van der Waals surface area contributed by atoms with E-state index >= 15 is 0 Å². The quantitative estimate of drug-likeness (QED) is 0.401. The molecule has 0 radical (unpaired) electrons. The molecule has 33 heavy (non-hydrogen) atoms. The van der Waals surface area contributed by atoms with Crippen molar-refractivity contribution in [3.63, 3.8) is 0 Å². The minimum absolute atomic E-state index is 0.00719. The van der Waals surface area contributed by atoms with Crippen LogP contribution in [0.25, 0.3) is 22.2 Å². The molecule has 0 saturated carbocycles. The van der Waals surface area contributed by atoms with E-state index in [1.807, 2.05) is 42.5 Å². The molecular weight excluding hydrogens is 438 g/mol. The molecule has 0 amide bonds. The average molecular weight is 462 g/mol. The maximum Gasteiger partial charge on any atom is 0.243 e. The van der Waals surface area contributed by atoms with Gasteiger partial charge in [0.25, 0.3) is 0 Å². The summed E-state index contributed by atoms with van der Waals surface area (Å²) >= 11 is 0. The number of hydrogen-bond acceptors (Lipinski definition) is 6. The molecule has 0 bridgehead atoms. The van der Waals surface area contributed by atoms with Crippen LogP contribution < -0.4 is 0 Å². The van der Waals surface area contributed by atoms with Gasteiger partial charge in [-0.2, -0.15) is 9.29 Å². The van der Waals surface area contributed by atoms with E-state index in [-0.39, 0.29) is 16.6 Å². The Morgan fingerprint density at radius 2 is 1.67 bits per heavy atom. The molecule has 1 aliphatic rings. The summed E-state index contributed by atoms with van der Waals surface area (Å²) in [5.41, 5.74) is 1.41. The lowest BCUT2D eigenvalue weighted by Crippen LogP contribution is -2.37. The fourth-order valence-corrected chi connectivity index (χ4v) is 5.75. The second-order valence-electron chi connectivity index (χ2n) is 8.24. The molecular formula is C25H23N3O4S. The average Bonchev–Trinajstić information content (AvgIpc) is 3.34. The normalized spacial score (nSPS) is 15.7. The summed E-state index contributed by atoms with van der Waals surface area (Å²) in [5.74, 6) is 0.998. The second kappa shape index (κ2) is 8.53. The zero-order valence-electron chi connectivity index (χ0n) is 18.1. The Balaban J connectivity index is 1.31. The monoisotopic (exact) mass is 461 g/mol. The first-order valence-corrected chi connectivity index (χ1v) is 12.3. The third-order valence-corrected chi connectivity index (χ3v) is 8.09. The van der Waals surface area contributed by atoms with Gasteiger partial charge in [0.1, 0.15) is 0 Å². The molecule has 4 aromatic rings. The number of rotatable bonds is 5. The zero-order chi connectivity index (χ0) is 23.0. The molecule has 0 unspecified atom stereocenters. The smallest absolute Gasteiger partial charge is 0.243 e. The summed E-state index contributed by atoms with van der Waals surface area (Å²) in [5, 5.41) is 6.37. The van der Waals surface area contributed by atoms with Gasteiger partial charge in [-0.1, -0.05) is 59.8 Å². The SMILES string of the molecule is CC(=O)c1ccc(S(=O)(=O)N2CCC(c3nc(-c4cccc5ccccc45)no3)CC2)cc1. The Bertz CT molecular complexity index is 1410. The fraction of sp³-hybridized carbons (Fsp3) is 0.240. The summed E-state index contributed by atoms with van der Waals surface area (Å²) in [4.78, 5) is 16.3. The van der Waals surface area contributed by atoms with E-state index in [2.05, 4.69) is 10.1 Å². The lowest BCUT2D eigenvalue weighted by molar-refractivity contribution is 0.101. The van der Waals surface area contributed by atoms with Crippen molar-refractivity contribution in [2.24, 2.45) is 0 Å². The minimum Gasteiger partial charge on any atom is -0.339 e. The molecule has 5 rings (SSSR count). The highest BCUT2D eigenvalue weighted by molar-refractivity contribution is 7.89. The Morgan fingerprint density at radius 1 is 0.970 bits per heavy atom. The van der Waals surface area contributed by atoms with Crippen molar-refractivity contribution in [3.8, 4) is 11.4 Å². The van der Waals surface area contributed by atoms with Gasteiger partial charge < -0.3 is 4.52 Å². The highest BCUT2D eigenvalue weighted by atomic mass is 32.2. The van der Waals surface area contributed by atoms with Crippen LogP contribution >= 0.6 is 0 Å². The van der Waals surface area contributed by atoms with Gasteiger partial charge in [0.2, 0.25) is 21.7 Å². The highest BCUT2D eigenvalue weighted by Gasteiger charge is 2.32. The van der Waals surface area contributed by atoms with Crippen LogP contribution in [-0.4, -0.2) is 41.7 Å². The van der Waals surface area contributed by atoms with E-state index in [1.54, 1.807) is 12.1 Å². The Kier molecular flexibility index (Phi) is 5.55. The Hall–Kier alpha value is -3.36. The van der Waals surface area contributed by atoms with E-state index < -0.39 is 10.0 Å². The Labute approximate surface area is 192 Å². The van der Waals surface area contributed by atoms with Crippen LogP contribution in [0.5, 0.6) is 0 Å². The molecule has 1 saturated heterocycles. The summed E-state index contributed by atoms with van der Waals surface area (Å²) in [6, 6.07) is 20.1. The standard InChI is InChI=1S/C25H23N3O4S/c1-17(29)18-9-11-21(12-10-18)33(30,31)28-15-13-20(14-16-28)25-26-24(27-32-25)23-8-4-6-19-5-2-3-7-22(19)23/h2-12,20H,13-16H2,1H3. The van der Waals surface area contributed by atoms with Crippen LogP contribution in [0.4, 0.5) is 0 Å². The first-order valence-electron chi connectivity index (χ1n) is 10.9. The Morgan fingerprint density at radius 3 is 2.39 bits per heavy atom. The fourth-order valence-electron chi connectivity index (χ4n) is 4.28. The topological polar surface area (TPSA) is 93.4 Å². The summed E-state index contributed by atoms with van der Waals surface area (Å²) in [6.45, 7) is 2.19. The number of fused-ring (bicyclic) bond motifs is 1. The molecule has 0 N–H and O–H groups in total. The van der Waals surface area contributed by atoms with Gasteiger partial charge in [0.15, 0.2) is 5.78 Å². The van der Waals surface area contributed by atoms with Crippen molar-refractivity contribution in [2.45, 2.75) is 30.6 Å². The van der Waals surface area contributed by atoms with Crippen LogP contribution in [0.1, 0.15) is 41.9 Å². The maximum atomic E-state index is 13.0. The summed E-state index contributed by atoms with van der Waals surface area (Å²) < 4.78 is 33.1. The van der Waals surface area contributed by atoms with Crippen molar-refractivity contribution < 1.29 is 17.7 Å². The van der Waals surface area contributed by atoms with Crippen LogP contribution in [0.2, 0.25) is 0 Å². The van der Waals surface area contributed by atoms with Crippen molar-refractivity contribution in [2.75, 3.05) is 13.1 Å². The van der Waals surface area contributed by atoms with Gasteiger partial charge in [0.05, 0.1) is 4.90 Å². The van der Waals surface area contributed by atoms with Gasteiger partial charge in [-0.05, 0) is 42.7 Å². The lowest BCUT2D eigenvalue weighted by Gasteiger charge is -2.29. The zero-order valence-corrected chi connectivity index (χ0v) is 19.0. The first-order chi connectivity index (χ1) is 15.9.